The van der Waals surface area contributed by atoms with Gasteiger partial charge in [0.2, 0.25) is 0 Å². The number of aryl methyl sites for hydroxylation is 1. The molecule has 3 unspecified atom stereocenters. The summed E-state index contributed by atoms with van der Waals surface area (Å²) in [5.74, 6) is 1.70. The number of unbranched alkanes of at least 4 members (excludes halogenated alkanes) is 3. The van der Waals surface area contributed by atoms with E-state index in [1.807, 2.05) is 0 Å². The quantitative estimate of drug-likeness (QED) is 0.116. The number of benzene rings is 1. The Morgan fingerprint density at radius 3 is 1.56 bits per heavy atom. The van der Waals surface area contributed by atoms with Gasteiger partial charge in [0.25, 0.3) is 0 Å². The van der Waals surface area contributed by atoms with Crippen LogP contribution < -0.4 is 0 Å². The predicted octanol–water partition coefficient (Wildman–Crippen LogP) is 10.5. The molecule has 0 saturated carbocycles. The Bertz CT molecular complexity index is 792. The Morgan fingerprint density at radius 1 is 0.692 bits per heavy atom. The molecule has 0 aliphatic heterocycles. The lowest BCUT2D eigenvalue weighted by atomic mass is 10.0. The Balaban J connectivity index is 2.28. The number of aromatic nitrogens is 1. The lowest BCUT2D eigenvalue weighted by molar-refractivity contribution is 0.0245. The molecule has 0 aliphatic rings. The van der Waals surface area contributed by atoms with Gasteiger partial charge in [0.05, 0.1) is 15.2 Å². The van der Waals surface area contributed by atoms with Crippen LogP contribution in [0.5, 0.6) is 0 Å². The van der Waals surface area contributed by atoms with Gasteiger partial charge in [-0.05, 0) is 49.1 Å². The average Bonchev–Trinajstić information content (AvgIpc) is 3.39. The summed E-state index contributed by atoms with van der Waals surface area (Å²) in [4.78, 5) is 4.95. The molecule has 224 valence electrons. The molecule has 0 spiro atoms. The maximum Gasteiger partial charge on any atom is 0.501 e. The molecule has 39 heavy (non-hydrogen) atoms. The summed E-state index contributed by atoms with van der Waals surface area (Å²) in [6.45, 7) is 16.0. The van der Waals surface area contributed by atoms with Gasteiger partial charge in [0.15, 0.2) is 0 Å². The fourth-order valence-corrected chi connectivity index (χ4v) is 8.90. The van der Waals surface area contributed by atoms with E-state index in [0.29, 0.717) is 17.8 Å². The highest BCUT2D eigenvalue weighted by Gasteiger charge is 2.43. The van der Waals surface area contributed by atoms with Crippen LogP contribution in [0.1, 0.15) is 124 Å². The van der Waals surface area contributed by atoms with Crippen molar-refractivity contribution < 1.29 is 13.3 Å². The summed E-state index contributed by atoms with van der Waals surface area (Å²) in [6.07, 6.45) is 15.4. The molecule has 0 bridgehead atoms. The molecule has 4 nitrogen and oxygen atoms in total. The van der Waals surface area contributed by atoms with Crippen LogP contribution in [-0.2, 0) is 19.7 Å². The molecule has 0 radical (unpaired) electrons. The highest BCUT2D eigenvalue weighted by molar-refractivity contribution is 7.18. The van der Waals surface area contributed by atoms with E-state index in [0.717, 1.165) is 62.1 Å². The zero-order valence-corrected chi connectivity index (χ0v) is 28.0. The minimum atomic E-state index is -2.92. The summed E-state index contributed by atoms with van der Waals surface area (Å²) < 4.78 is 22.1. The normalized spacial score (nSPS) is 15.8. The van der Waals surface area contributed by atoms with E-state index in [1.165, 1.54) is 62.5 Å². The highest BCUT2D eigenvalue weighted by atomic mass is 32.1. The van der Waals surface area contributed by atoms with E-state index in [4.69, 9.17) is 18.3 Å². The second-order valence-electron chi connectivity index (χ2n) is 11.4. The average molecular weight is 578 g/mol. The number of fused-ring (bicyclic) bond motifs is 1. The maximum atomic E-state index is 6.95. The second kappa shape index (κ2) is 20.1. The fraction of sp³-hybridized carbons (Fsp3) is 0.788. The van der Waals surface area contributed by atoms with E-state index in [1.54, 1.807) is 11.3 Å². The van der Waals surface area contributed by atoms with Gasteiger partial charge in [-0.3, -0.25) is 0 Å². The minimum Gasteiger partial charge on any atom is -0.373 e. The molecule has 3 atom stereocenters. The van der Waals surface area contributed by atoms with Crippen molar-refractivity contribution in [3.63, 3.8) is 0 Å². The van der Waals surface area contributed by atoms with Crippen molar-refractivity contribution in [2.24, 2.45) is 17.8 Å². The number of nitrogens with zero attached hydrogens (tertiary/aromatic N) is 1. The molecule has 6 heteroatoms. The number of hydrogen-bond acceptors (Lipinski definition) is 5. The van der Waals surface area contributed by atoms with Crippen LogP contribution in [0.4, 0.5) is 0 Å². The smallest absolute Gasteiger partial charge is 0.373 e. The molecule has 1 aromatic heterocycles. The number of thiazole rings is 1. The van der Waals surface area contributed by atoms with Crippen LogP contribution in [0.25, 0.3) is 10.2 Å². The summed E-state index contributed by atoms with van der Waals surface area (Å²) in [5.41, 5.74) is 1.09. The molecule has 2 rings (SSSR count). The van der Waals surface area contributed by atoms with Crippen LogP contribution in [0.3, 0.4) is 0 Å². The van der Waals surface area contributed by atoms with Gasteiger partial charge in [0.1, 0.15) is 0 Å². The van der Waals surface area contributed by atoms with Crippen molar-refractivity contribution in [1.82, 2.24) is 4.98 Å². The van der Waals surface area contributed by atoms with Crippen LogP contribution in [0.15, 0.2) is 24.3 Å². The molecule has 2 aromatic rings. The van der Waals surface area contributed by atoms with Gasteiger partial charge in [-0.1, -0.05) is 111 Å². The van der Waals surface area contributed by atoms with Crippen molar-refractivity contribution in [3.05, 3.63) is 29.3 Å². The predicted molar refractivity (Wildman–Crippen MR) is 172 cm³/mol. The highest BCUT2D eigenvalue weighted by Crippen LogP contribution is 2.29. The van der Waals surface area contributed by atoms with Gasteiger partial charge < -0.3 is 13.3 Å². The molecular weight excluding hydrogens is 519 g/mol. The Labute approximate surface area is 246 Å². The zero-order valence-electron chi connectivity index (χ0n) is 26.1. The third kappa shape index (κ3) is 12.7. The fourth-order valence-electron chi connectivity index (χ4n) is 5.06. The Hall–Kier alpha value is -0.793. The van der Waals surface area contributed by atoms with Crippen molar-refractivity contribution >= 4 is 30.4 Å². The SMILES string of the molecule is CCCCC(CC)CO[Si](CCc1nc2ccccc2s1)(OCC(CC)CCCC)OCC(CC)CCCC. The molecule has 0 fully saturated rings. The molecule has 1 heterocycles. The third-order valence-electron chi connectivity index (χ3n) is 8.23. The van der Waals surface area contributed by atoms with Crippen molar-refractivity contribution in [3.8, 4) is 0 Å². The summed E-state index contributed by atoms with van der Waals surface area (Å²) in [6, 6.07) is 9.27. The zero-order chi connectivity index (χ0) is 28.3. The topological polar surface area (TPSA) is 40.6 Å². The number of rotatable bonds is 24. The number of hydrogen-bond donors (Lipinski definition) is 0. The standard InChI is InChI=1S/C33H59NO3SSi/c1-7-13-18-28(10-4)25-35-39(36-26-29(11-5)19-14-8-2,37-27-30(12-6)20-15-9-3)24-23-33-34-31-21-16-17-22-32(31)38-33/h16-17,21-22,28-30H,7-15,18-20,23-27H2,1-6H3. The summed E-state index contributed by atoms with van der Waals surface area (Å²) in [7, 11) is -2.92. The van der Waals surface area contributed by atoms with Crippen molar-refractivity contribution in [1.29, 1.82) is 0 Å². The van der Waals surface area contributed by atoms with E-state index < -0.39 is 8.80 Å². The molecule has 0 saturated heterocycles. The van der Waals surface area contributed by atoms with Crippen LogP contribution in [-0.4, -0.2) is 33.6 Å². The van der Waals surface area contributed by atoms with Crippen LogP contribution >= 0.6 is 11.3 Å². The number of para-hydroxylation sites is 1. The van der Waals surface area contributed by atoms with Gasteiger partial charge in [-0.2, -0.15) is 0 Å². The third-order valence-corrected chi connectivity index (χ3v) is 12.0. The summed E-state index contributed by atoms with van der Waals surface area (Å²) >= 11 is 1.80. The molecular formula is C33H59NO3SSi. The van der Waals surface area contributed by atoms with Gasteiger partial charge in [-0.25, -0.2) is 4.98 Å². The van der Waals surface area contributed by atoms with E-state index in [-0.39, 0.29) is 0 Å². The first-order chi connectivity index (χ1) is 19.0. The van der Waals surface area contributed by atoms with Crippen molar-refractivity contribution in [2.75, 3.05) is 19.8 Å². The lowest BCUT2D eigenvalue weighted by Gasteiger charge is -2.34. The molecule has 0 N–H and O–H groups in total. The van der Waals surface area contributed by atoms with Gasteiger partial charge >= 0.3 is 8.80 Å². The molecule has 0 amide bonds. The largest absolute Gasteiger partial charge is 0.501 e. The van der Waals surface area contributed by atoms with Crippen molar-refractivity contribution in [2.45, 2.75) is 131 Å². The first kappa shape index (κ1) is 34.4. The van der Waals surface area contributed by atoms with Gasteiger partial charge in [0, 0.05) is 32.3 Å². The first-order valence-corrected chi connectivity index (χ1v) is 19.0. The van der Waals surface area contributed by atoms with Crippen LogP contribution in [0, 0.1) is 17.8 Å². The van der Waals surface area contributed by atoms with E-state index >= 15 is 0 Å². The Morgan fingerprint density at radius 2 is 1.15 bits per heavy atom. The second-order valence-corrected chi connectivity index (χ2v) is 15.3. The summed E-state index contributed by atoms with van der Waals surface area (Å²) in [5, 5.41) is 1.16. The van der Waals surface area contributed by atoms with Gasteiger partial charge in [-0.15, -0.1) is 11.3 Å². The molecule has 0 aliphatic carbocycles. The Kier molecular flexibility index (Phi) is 17.8. The minimum absolute atomic E-state index is 0.565. The van der Waals surface area contributed by atoms with E-state index in [2.05, 4.69) is 65.8 Å². The maximum absolute atomic E-state index is 6.95. The first-order valence-electron chi connectivity index (χ1n) is 16.3. The lowest BCUT2D eigenvalue weighted by Crippen LogP contribution is -2.49. The van der Waals surface area contributed by atoms with Crippen LogP contribution in [0.2, 0.25) is 6.04 Å². The molecule has 1 aromatic carbocycles. The monoisotopic (exact) mass is 577 g/mol. The van der Waals surface area contributed by atoms with E-state index in [9.17, 15) is 0 Å².